The number of hydrogen-bond acceptors (Lipinski definition) is 1. The number of rotatable bonds is 0. The van der Waals surface area contributed by atoms with Crippen LogP contribution in [0.15, 0.2) is 18.3 Å². The van der Waals surface area contributed by atoms with E-state index in [9.17, 15) is 0 Å². The summed E-state index contributed by atoms with van der Waals surface area (Å²) in [4.78, 5) is 4.08. The van der Waals surface area contributed by atoms with Gasteiger partial charge >= 0.3 is 67.3 Å². The molecule has 1 rings (SSSR count). The van der Waals surface area contributed by atoms with E-state index in [4.69, 9.17) is 0 Å². The van der Waals surface area contributed by atoms with Gasteiger partial charge in [0.2, 0.25) is 0 Å². The van der Waals surface area contributed by atoms with Gasteiger partial charge in [0.1, 0.15) is 0 Å². The third-order valence-corrected chi connectivity index (χ3v) is 1.06. The zero-order valence-electron chi connectivity index (χ0n) is 5.18. The van der Waals surface area contributed by atoms with Gasteiger partial charge in [-0.2, -0.15) is 0 Å². The first-order chi connectivity index (χ1) is 3.79. The number of nitrogens with zero attached hydrogens (tertiary/aromatic N) is 1. The molecule has 0 saturated carbocycles. The summed E-state index contributed by atoms with van der Waals surface area (Å²) in [5, 5.41) is 0. The summed E-state index contributed by atoms with van der Waals surface area (Å²) in [6, 6.07) is 4.07. The van der Waals surface area contributed by atoms with Crippen molar-refractivity contribution < 1.29 is 0 Å². The van der Waals surface area contributed by atoms with Gasteiger partial charge in [0.25, 0.3) is 0 Å². The minimum atomic E-state index is 1.08. The Morgan fingerprint density at radius 2 is 2.00 bits per heavy atom. The normalized spacial score (nSPS) is 9.50. The van der Waals surface area contributed by atoms with Gasteiger partial charge in [-0.25, -0.2) is 0 Å². The van der Waals surface area contributed by atoms with Crippen molar-refractivity contribution in [2.24, 2.45) is 0 Å². The van der Waals surface area contributed by atoms with E-state index in [1.165, 1.54) is 4.24 Å². The summed E-state index contributed by atoms with van der Waals surface area (Å²) in [7, 11) is 0. The molecule has 0 amide bonds. The van der Waals surface area contributed by atoms with Crippen LogP contribution in [0.1, 0.15) is 0 Å². The quantitative estimate of drug-likeness (QED) is 0.360. The molecule has 0 aromatic carbocycles. The van der Waals surface area contributed by atoms with E-state index in [-0.39, 0.29) is 0 Å². The van der Waals surface area contributed by atoms with E-state index in [0.717, 1.165) is 4.37 Å². The van der Waals surface area contributed by atoms with Crippen LogP contribution in [-0.4, -0.2) is 40.4 Å². The standard InChI is InChI=1S/C5H3N.2Li/c1-2-4-6-5-3-1;;/h1-2,5H;;. The molecule has 3 heteroatoms. The Labute approximate surface area is 67.3 Å². The summed E-state index contributed by atoms with van der Waals surface area (Å²) < 4.78 is 2.30. The van der Waals surface area contributed by atoms with Crippen molar-refractivity contribution in [3.05, 3.63) is 18.3 Å². The molecule has 0 saturated heterocycles. The fourth-order valence-electron chi connectivity index (χ4n) is 0.542. The molecular weight excluding hydrogens is 87.9 g/mol. The van der Waals surface area contributed by atoms with Crippen molar-refractivity contribution in [3.63, 3.8) is 0 Å². The second kappa shape index (κ2) is 2.76. The summed E-state index contributed by atoms with van der Waals surface area (Å²) in [5.41, 5.74) is 0. The molecule has 1 aromatic rings. The fourth-order valence-corrected chi connectivity index (χ4v) is 0.542. The molecule has 0 aliphatic carbocycles. The Balaban J connectivity index is 3.03. The molecule has 0 bridgehead atoms. The van der Waals surface area contributed by atoms with E-state index in [0.29, 0.717) is 0 Å². The molecule has 0 aliphatic rings. The van der Waals surface area contributed by atoms with Gasteiger partial charge in [-0.3, -0.25) is 0 Å². The van der Waals surface area contributed by atoms with Gasteiger partial charge < -0.3 is 0 Å². The van der Waals surface area contributed by atoms with Crippen LogP contribution >= 0.6 is 0 Å². The molecule has 0 unspecified atom stereocenters. The third-order valence-electron chi connectivity index (χ3n) is 1.06. The predicted octanol–water partition coefficient (Wildman–Crippen LogP) is -1.33. The number of hydrogen-bond donors (Lipinski definition) is 0. The van der Waals surface area contributed by atoms with E-state index >= 15 is 0 Å². The first-order valence-corrected chi connectivity index (χ1v) is 2.68. The Morgan fingerprint density at radius 3 is 2.38 bits per heavy atom. The van der Waals surface area contributed by atoms with Crippen LogP contribution in [0.3, 0.4) is 0 Å². The fraction of sp³-hybridized carbons (Fsp3) is 0. The number of aromatic nitrogens is 1. The maximum absolute atomic E-state index is 4.08. The van der Waals surface area contributed by atoms with Crippen molar-refractivity contribution in [2.75, 3.05) is 0 Å². The molecule has 0 atom stereocenters. The molecule has 0 fully saturated rings. The third kappa shape index (κ3) is 1.69. The van der Waals surface area contributed by atoms with Crippen LogP contribution in [0.25, 0.3) is 0 Å². The summed E-state index contributed by atoms with van der Waals surface area (Å²) in [5.74, 6) is 0. The van der Waals surface area contributed by atoms with E-state index in [1.807, 2.05) is 47.7 Å². The second-order valence-corrected chi connectivity index (χ2v) is 1.98. The SMILES string of the molecule is [Li][c]1cc[c]([Li])nc1. The van der Waals surface area contributed by atoms with Gasteiger partial charge in [-0.15, -0.1) is 0 Å². The second-order valence-electron chi connectivity index (χ2n) is 1.98. The molecule has 0 spiro atoms. The maximum atomic E-state index is 4.08. The average molecular weight is 91.0 g/mol. The molecule has 1 nitrogen and oxygen atoms in total. The summed E-state index contributed by atoms with van der Waals surface area (Å²) in [6.07, 6.45) is 1.87. The van der Waals surface area contributed by atoms with Crippen molar-refractivity contribution in [1.29, 1.82) is 0 Å². The summed E-state index contributed by atoms with van der Waals surface area (Å²) in [6.45, 7) is 0. The molecule has 0 aliphatic heterocycles. The molecule has 1 aromatic heterocycles. The molecular formula is C5H3Li2N. The first kappa shape index (κ1) is 6.46. The van der Waals surface area contributed by atoms with Crippen LogP contribution in [0.2, 0.25) is 0 Å². The molecule has 1 heterocycles. The van der Waals surface area contributed by atoms with Crippen LogP contribution in [-0.2, 0) is 0 Å². The predicted molar refractivity (Wildman–Crippen MR) is 35.0 cm³/mol. The zero-order chi connectivity index (χ0) is 5.98. The number of pyridine rings is 1. The Morgan fingerprint density at radius 1 is 1.25 bits per heavy atom. The average Bonchev–Trinajstić information content (AvgIpc) is 1.77. The Kier molecular flexibility index (Phi) is 2.23. The Hall–Kier alpha value is 0.345. The van der Waals surface area contributed by atoms with Gasteiger partial charge in [0, 0.05) is 0 Å². The monoisotopic (exact) mass is 91.1 g/mol. The topological polar surface area (TPSA) is 12.9 Å². The van der Waals surface area contributed by atoms with E-state index in [1.54, 1.807) is 0 Å². The van der Waals surface area contributed by atoms with Gasteiger partial charge in [-0.1, -0.05) is 0 Å². The minimum absolute atomic E-state index is 1.08. The van der Waals surface area contributed by atoms with E-state index < -0.39 is 0 Å². The first-order valence-electron chi connectivity index (χ1n) is 2.68. The van der Waals surface area contributed by atoms with E-state index in [2.05, 4.69) is 11.1 Å². The molecule has 0 N–H and O–H groups in total. The molecule has 0 radical (unpaired) electrons. The van der Waals surface area contributed by atoms with Crippen LogP contribution in [0.4, 0.5) is 0 Å². The molecule has 30 valence electrons. The van der Waals surface area contributed by atoms with Gasteiger partial charge in [0.15, 0.2) is 0 Å². The van der Waals surface area contributed by atoms with Gasteiger partial charge in [-0.05, 0) is 0 Å². The Bertz CT molecular complexity index is 149. The van der Waals surface area contributed by atoms with Crippen molar-refractivity contribution in [1.82, 2.24) is 4.98 Å². The van der Waals surface area contributed by atoms with Crippen LogP contribution in [0.5, 0.6) is 0 Å². The van der Waals surface area contributed by atoms with Crippen molar-refractivity contribution in [2.45, 2.75) is 0 Å². The summed E-state index contributed by atoms with van der Waals surface area (Å²) >= 11 is 4.02. The zero-order valence-corrected chi connectivity index (χ0v) is 5.18. The van der Waals surface area contributed by atoms with Crippen molar-refractivity contribution >= 4 is 44.0 Å². The van der Waals surface area contributed by atoms with Gasteiger partial charge in [0.05, 0.1) is 0 Å². The van der Waals surface area contributed by atoms with Crippen molar-refractivity contribution in [3.8, 4) is 0 Å². The molecule has 8 heavy (non-hydrogen) atoms. The van der Waals surface area contributed by atoms with Crippen LogP contribution in [0, 0.1) is 0 Å². The van der Waals surface area contributed by atoms with Crippen LogP contribution < -0.4 is 8.60 Å².